The molecule has 1 fully saturated rings. The number of aromatic nitrogens is 2. The van der Waals surface area contributed by atoms with Crippen LogP contribution in [0.2, 0.25) is 0 Å². The van der Waals surface area contributed by atoms with E-state index in [4.69, 9.17) is 4.74 Å². The SMILES string of the molecule is Cc1cc([N+](=O)[O-])nn1CC(=O)NCCO[C@H]1CCCC[C@@H]1C. The third-order valence-corrected chi connectivity index (χ3v) is 4.24. The number of carbonyl (C=O) groups is 1. The van der Waals surface area contributed by atoms with E-state index >= 15 is 0 Å². The molecule has 0 saturated heterocycles. The Hall–Kier alpha value is -1.96. The molecule has 1 aliphatic carbocycles. The molecule has 0 unspecified atom stereocenters. The van der Waals surface area contributed by atoms with Crippen LogP contribution in [-0.2, 0) is 16.1 Å². The summed E-state index contributed by atoms with van der Waals surface area (Å²) in [4.78, 5) is 21.9. The fraction of sp³-hybridized carbons (Fsp3) is 0.733. The van der Waals surface area contributed by atoms with Crippen LogP contribution in [0.3, 0.4) is 0 Å². The highest BCUT2D eigenvalue weighted by atomic mass is 16.6. The Morgan fingerprint density at radius 3 is 2.91 bits per heavy atom. The average molecular weight is 324 g/mol. The molecule has 0 radical (unpaired) electrons. The minimum absolute atomic E-state index is 0.0283. The van der Waals surface area contributed by atoms with Gasteiger partial charge in [-0.25, -0.2) is 0 Å². The molecule has 1 amide bonds. The molecule has 128 valence electrons. The standard InChI is InChI=1S/C15H24N4O4/c1-11-5-3-4-6-13(11)23-8-7-16-15(20)10-18-12(2)9-14(17-18)19(21)22/h9,11,13H,3-8,10H2,1-2H3,(H,16,20)/t11-,13-/m0/s1. The van der Waals surface area contributed by atoms with Gasteiger partial charge in [0.25, 0.3) is 0 Å². The number of amides is 1. The lowest BCUT2D eigenvalue weighted by Crippen LogP contribution is -2.33. The number of nitrogens with one attached hydrogen (secondary N) is 1. The van der Waals surface area contributed by atoms with Crippen molar-refractivity contribution in [1.29, 1.82) is 0 Å². The van der Waals surface area contributed by atoms with Crippen molar-refractivity contribution in [1.82, 2.24) is 15.1 Å². The first kappa shape index (κ1) is 17.4. The number of hydrogen-bond donors (Lipinski definition) is 1. The van der Waals surface area contributed by atoms with Gasteiger partial charge in [0.05, 0.1) is 29.6 Å². The van der Waals surface area contributed by atoms with Gasteiger partial charge in [0.1, 0.15) is 6.54 Å². The maximum atomic E-state index is 11.9. The largest absolute Gasteiger partial charge is 0.390 e. The number of hydrogen-bond acceptors (Lipinski definition) is 5. The van der Waals surface area contributed by atoms with Gasteiger partial charge >= 0.3 is 5.82 Å². The van der Waals surface area contributed by atoms with E-state index in [0.717, 1.165) is 6.42 Å². The smallest absolute Gasteiger partial charge is 0.376 e. The third-order valence-electron chi connectivity index (χ3n) is 4.24. The van der Waals surface area contributed by atoms with Crippen molar-refractivity contribution in [2.24, 2.45) is 5.92 Å². The maximum absolute atomic E-state index is 11.9. The van der Waals surface area contributed by atoms with Gasteiger partial charge in [-0.15, -0.1) is 0 Å². The highest BCUT2D eigenvalue weighted by Crippen LogP contribution is 2.25. The molecule has 1 N–H and O–H groups in total. The molecule has 1 saturated carbocycles. The molecule has 0 aromatic carbocycles. The molecular weight excluding hydrogens is 300 g/mol. The summed E-state index contributed by atoms with van der Waals surface area (Å²) in [6.07, 6.45) is 5.06. The predicted molar refractivity (Wildman–Crippen MR) is 84.0 cm³/mol. The van der Waals surface area contributed by atoms with Crippen molar-refractivity contribution in [3.8, 4) is 0 Å². The lowest BCUT2D eigenvalue weighted by molar-refractivity contribution is -0.389. The summed E-state index contributed by atoms with van der Waals surface area (Å²) in [6, 6.07) is 1.35. The second kappa shape index (κ2) is 8.05. The molecule has 23 heavy (non-hydrogen) atoms. The zero-order chi connectivity index (χ0) is 16.8. The fourth-order valence-electron chi connectivity index (χ4n) is 2.86. The summed E-state index contributed by atoms with van der Waals surface area (Å²) >= 11 is 0. The molecule has 1 aliphatic rings. The first-order valence-electron chi connectivity index (χ1n) is 8.04. The van der Waals surface area contributed by atoms with Gasteiger partial charge in [0, 0.05) is 6.54 Å². The third kappa shape index (κ3) is 5.02. The van der Waals surface area contributed by atoms with Crippen molar-refractivity contribution in [3.05, 3.63) is 21.9 Å². The summed E-state index contributed by atoms with van der Waals surface area (Å²) in [7, 11) is 0. The molecule has 8 heteroatoms. The van der Waals surface area contributed by atoms with E-state index in [1.807, 2.05) is 0 Å². The maximum Gasteiger partial charge on any atom is 0.390 e. The van der Waals surface area contributed by atoms with Crippen LogP contribution in [0, 0.1) is 23.0 Å². The van der Waals surface area contributed by atoms with Crippen LogP contribution >= 0.6 is 0 Å². The Morgan fingerprint density at radius 2 is 2.26 bits per heavy atom. The minimum Gasteiger partial charge on any atom is -0.376 e. The van der Waals surface area contributed by atoms with Gasteiger partial charge < -0.3 is 20.2 Å². The van der Waals surface area contributed by atoms with E-state index in [-0.39, 0.29) is 24.4 Å². The molecule has 1 aromatic rings. The minimum atomic E-state index is -0.569. The van der Waals surface area contributed by atoms with Crippen molar-refractivity contribution >= 4 is 11.7 Å². The van der Waals surface area contributed by atoms with Gasteiger partial charge in [-0.3, -0.25) is 4.79 Å². The first-order valence-corrected chi connectivity index (χ1v) is 8.04. The zero-order valence-electron chi connectivity index (χ0n) is 13.7. The number of aryl methyl sites for hydroxylation is 1. The van der Waals surface area contributed by atoms with Crippen molar-refractivity contribution in [2.45, 2.75) is 52.2 Å². The molecular formula is C15H24N4O4. The van der Waals surface area contributed by atoms with Crippen LogP contribution in [0.1, 0.15) is 38.3 Å². The fourth-order valence-corrected chi connectivity index (χ4v) is 2.86. The molecule has 2 atom stereocenters. The molecule has 0 bridgehead atoms. The molecule has 1 aromatic heterocycles. The highest BCUT2D eigenvalue weighted by molar-refractivity contribution is 5.75. The van der Waals surface area contributed by atoms with Crippen molar-refractivity contribution in [2.75, 3.05) is 13.2 Å². The Balaban J connectivity index is 1.70. The van der Waals surface area contributed by atoms with E-state index in [9.17, 15) is 14.9 Å². The Bertz CT molecular complexity index is 558. The summed E-state index contributed by atoms with van der Waals surface area (Å²) in [5.74, 6) is 0.100. The second-order valence-corrected chi connectivity index (χ2v) is 6.08. The number of rotatable bonds is 7. The van der Waals surface area contributed by atoms with Crippen molar-refractivity contribution < 1.29 is 14.5 Å². The van der Waals surface area contributed by atoms with Crippen LogP contribution in [0.25, 0.3) is 0 Å². The Kier molecular flexibility index (Phi) is 6.09. The van der Waals surface area contributed by atoms with Crippen LogP contribution < -0.4 is 5.32 Å². The number of carbonyl (C=O) groups excluding carboxylic acids is 1. The van der Waals surface area contributed by atoms with Crippen LogP contribution in [-0.4, -0.2) is 39.9 Å². The van der Waals surface area contributed by atoms with E-state index in [1.54, 1.807) is 6.92 Å². The lowest BCUT2D eigenvalue weighted by atomic mass is 9.88. The monoisotopic (exact) mass is 324 g/mol. The van der Waals surface area contributed by atoms with E-state index < -0.39 is 4.92 Å². The van der Waals surface area contributed by atoms with Gasteiger partial charge in [-0.05, 0) is 30.6 Å². The number of nitro groups is 1. The molecule has 2 rings (SSSR count). The topological polar surface area (TPSA) is 99.3 Å². The van der Waals surface area contributed by atoms with Gasteiger partial charge in [0.15, 0.2) is 0 Å². The van der Waals surface area contributed by atoms with Crippen LogP contribution in [0.15, 0.2) is 6.07 Å². The number of ether oxygens (including phenoxy) is 1. The predicted octanol–water partition coefficient (Wildman–Crippen LogP) is 1.81. The normalized spacial score (nSPS) is 21.1. The summed E-state index contributed by atoms with van der Waals surface area (Å²) < 4.78 is 7.16. The lowest BCUT2D eigenvalue weighted by Gasteiger charge is -2.28. The molecule has 0 spiro atoms. The van der Waals surface area contributed by atoms with Crippen LogP contribution in [0.5, 0.6) is 0 Å². The van der Waals surface area contributed by atoms with Crippen LogP contribution in [0.4, 0.5) is 5.82 Å². The zero-order valence-corrected chi connectivity index (χ0v) is 13.7. The quantitative estimate of drug-likeness (QED) is 0.468. The molecule has 1 heterocycles. The average Bonchev–Trinajstić information content (AvgIpc) is 2.87. The number of nitrogens with zero attached hydrogens (tertiary/aromatic N) is 3. The first-order chi connectivity index (χ1) is 11.0. The van der Waals surface area contributed by atoms with E-state index in [2.05, 4.69) is 17.3 Å². The summed E-state index contributed by atoms with van der Waals surface area (Å²) in [5.41, 5.74) is 0.583. The second-order valence-electron chi connectivity index (χ2n) is 6.08. The van der Waals surface area contributed by atoms with E-state index in [0.29, 0.717) is 24.8 Å². The van der Waals surface area contributed by atoms with Gasteiger partial charge in [0.2, 0.25) is 5.91 Å². The van der Waals surface area contributed by atoms with E-state index in [1.165, 1.54) is 30.0 Å². The molecule has 8 nitrogen and oxygen atoms in total. The summed E-state index contributed by atoms with van der Waals surface area (Å²) in [5, 5.41) is 17.2. The Morgan fingerprint density at radius 1 is 1.52 bits per heavy atom. The molecule has 0 aliphatic heterocycles. The van der Waals surface area contributed by atoms with Gasteiger partial charge in [-0.1, -0.05) is 19.8 Å². The van der Waals surface area contributed by atoms with Crippen molar-refractivity contribution in [3.63, 3.8) is 0 Å². The van der Waals surface area contributed by atoms with Gasteiger partial charge in [-0.2, -0.15) is 4.68 Å². The highest BCUT2D eigenvalue weighted by Gasteiger charge is 2.21. The summed E-state index contributed by atoms with van der Waals surface area (Å²) in [6.45, 7) is 4.78. The Labute approximate surface area is 135 Å².